The third-order valence-electron chi connectivity index (χ3n) is 4.83. The SMILES string of the molecule is CC(O)C(N)C(=O)Nc1ccc2c(-c3ccncc3)c(-c3ccc(F)cc3)[nH]c2n1. The van der Waals surface area contributed by atoms with Gasteiger partial charge in [0.25, 0.3) is 0 Å². The van der Waals surface area contributed by atoms with E-state index in [0.29, 0.717) is 11.5 Å². The zero-order valence-corrected chi connectivity index (χ0v) is 16.1. The van der Waals surface area contributed by atoms with Crippen molar-refractivity contribution in [1.82, 2.24) is 15.0 Å². The summed E-state index contributed by atoms with van der Waals surface area (Å²) >= 11 is 0. The summed E-state index contributed by atoms with van der Waals surface area (Å²) in [6, 6.07) is 12.4. The Labute approximate surface area is 171 Å². The van der Waals surface area contributed by atoms with Crippen molar-refractivity contribution in [3.63, 3.8) is 0 Å². The molecule has 5 N–H and O–H groups in total. The van der Waals surface area contributed by atoms with E-state index in [0.717, 1.165) is 27.8 Å². The van der Waals surface area contributed by atoms with Crippen molar-refractivity contribution >= 4 is 22.8 Å². The molecule has 3 aromatic heterocycles. The highest BCUT2D eigenvalue weighted by Crippen LogP contribution is 2.38. The minimum absolute atomic E-state index is 0.303. The number of aliphatic hydroxyl groups excluding tert-OH is 1. The number of rotatable bonds is 5. The second-order valence-electron chi connectivity index (χ2n) is 6.97. The molecule has 0 fully saturated rings. The zero-order chi connectivity index (χ0) is 21.3. The summed E-state index contributed by atoms with van der Waals surface area (Å²) in [4.78, 5) is 24.0. The number of halogens is 1. The minimum atomic E-state index is -1.06. The molecule has 0 bridgehead atoms. The van der Waals surface area contributed by atoms with Crippen LogP contribution in [0, 0.1) is 5.82 Å². The smallest absolute Gasteiger partial charge is 0.245 e. The van der Waals surface area contributed by atoms with Gasteiger partial charge in [-0.2, -0.15) is 0 Å². The summed E-state index contributed by atoms with van der Waals surface area (Å²) in [5, 5.41) is 13.0. The molecular weight excluding hydrogens is 385 g/mol. The predicted octanol–water partition coefficient (Wildman–Crippen LogP) is 3.08. The van der Waals surface area contributed by atoms with Crippen molar-refractivity contribution in [2.75, 3.05) is 5.32 Å². The second kappa shape index (κ2) is 8.02. The van der Waals surface area contributed by atoms with Gasteiger partial charge >= 0.3 is 0 Å². The summed E-state index contributed by atoms with van der Waals surface area (Å²) < 4.78 is 13.4. The lowest BCUT2D eigenvalue weighted by Crippen LogP contribution is -2.43. The number of aromatic amines is 1. The Bertz CT molecular complexity index is 1190. The van der Waals surface area contributed by atoms with Gasteiger partial charge in [-0.1, -0.05) is 0 Å². The predicted molar refractivity (Wildman–Crippen MR) is 113 cm³/mol. The molecule has 30 heavy (non-hydrogen) atoms. The molecule has 8 heteroatoms. The van der Waals surface area contributed by atoms with Gasteiger partial charge in [0.1, 0.15) is 23.3 Å². The third kappa shape index (κ3) is 3.78. The molecule has 1 amide bonds. The van der Waals surface area contributed by atoms with Crippen molar-refractivity contribution in [1.29, 1.82) is 0 Å². The van der Waals surface area contributed by atoms with Crippen LogP contribution in [0.2, 0.25) is 0 Å². The van der Waals surface area contributed by atoms with E-state index >= 15 is 0 Å². The number of nitrogens with zero attached hydrogens (tertiary/aromatic N) is 2. The van der Waals surface area contributed by atoms with Crippen LogP contribution in [0.3, 0.4) is 0 Å². The lowest BCUT2D eigenvalue weighted by Gasteiger charge is -2.14. The van der Waals surface area contributed by atoms with Gasteiger partial charge in [-0.15, -0.1) is 0 Å². The molecule has 0 saturated heterocycles. The molecule has 0 spiro atoms. The highest BCUT2D eigenvalue weighted by molar-refractivity contribution is 6.03. The molecule has 4 aromatic rings. The first kappa shape index (κ1) is 19.7. The van der Waals surface area contributed by atoms with E-state index < -0.39 is 18.1 Å². The number of hydrogen-bond donors (Lipinski definition) is 4. The lowest BCUT2D eigenvalue weighted by molar-refractivity contribution is -0.119. The molecule has 4 rings (SSSR count). The average Bonchev–Trinajstić information content (AvgIpc) is 3.12. The van der Waals surface area contributed by atoms with Crippen molar-refractivity contribution in [3.05, 3.63) is 66.7 Å². The highest BCUT2D eigenvalue weighted by atomic mass is 19.1. The first-order valence-electron chi connectivity index (χ1n) is 9.37. The monoisotopic (exact) mass is 405 g/mol. The number of nitrogens with two attached hydrogens (primary N) is 1. The van der Waals surface area contributed by atoms with E-state index in [1.54, 1.807) is 30.6 Å². The Kier molecular flexibility index (Phi) is 5.26. The Morgan fingerprint density at radius 2 is 1.80 bits per heavy atom. The Hall–Kier alpha value is -3.62. The lowest BCUT2D eigenvalue weighted by atomic mass is 10.00. The molecule has 0 radical (unpaired) electrons. The average molecular weight is 405 g/mol. The quantitative estimate of drug-likeness (QED) is 0.407. The van der Waals surface area contributed by atoms with Gasteiger partial charge in [0, 0.05) is 23.3 Å². The first-order chi connectivity index (χ1) is 14.4. The van der Waals surface area contributed by atoms with Crippen LogP contribution in [0.1, 0.15) is 6.92 Å². The summed E-state index contributed by atoms with van der Waals surface area (Å²) in [6.45, 7) is 1.45. The van der Waals surface area contributed by atoms with Crippen LogP contribution in [-0.2, 0) is 4.79 Å². The molecule has 3 heterocycles. The van der Waals surface area contributed by atoms with E-state index in [4.69, 9.17) is 5.73 Å². The van der Waals surface area contributed by atoms with Crippen molar-refractivity contribution in [2.24, 2.45) is 5.73 Å². The van der Waals surface area contributed by atoms with Gasteiger partial charge in [-0.3, -0.25) is 9.78 Å². The molecule has 0 aliphatic carbocycles. The molecule has 0 aliphatic heterocycles. The Morgan fingerprint density at radius 3 is 2.47 bits per heavy atom. The molecule has 2 unspecified atom stereocenters. The van der Waals surface area contributed by atoms with Crippen LogP contribution < -0.4 is 11.1 Å². The second-order valence-corrected chi connectivity index (χ2v) is 6.97. The van der Waals surface area contributed by atoms with Gasteiger partial charge < -0.3 is 21.1 Å². The van der Waals surface area contributed by atoms with Crippen LogP contribution in [0.4, 0.5) is 10.2 Å². The number of aliphatic hydroxyl groups is 1. The summed E-state index contributed by atoms with van der Waals surface area (Å²) in [5.41, 5.74) is 9.61. The van der Waals surface area contributed by atoms with Gasteiger partial charge in [0.2, 0.25) is 5.91 Å². The summed E-state index contributed by atoms with van der Waals surface area (Å²) in [6.07, 6.45) is 2.41. The van der Waals surface area contributed by atoms with E-state index in [9.17, 15) is 14.3 Å². The number of aromatic nitrogens is 3. The number of nitrogens with one attached hydrogen (secondary N) is 2. The first-order valence-corrected chi connectivity index (χ1v) is 9.37. The molecule has 1 aromatic carbocycles. The van der Waals surface area contributed by atoms with E-state index in [-0.39, 0.29) is 5.82 Å². The Balaban J connectivity index is 1.82. The normalized spacial score (nSPS) is 13.2. The topological polar surface area (TPSA) is 117 Å². The number of fused-ring (bicyclic) bond motifs is 1. The molecule has 0 aliphatic rings. The van der Waals surface area contributed by atoms with Crippen LogP contribution in [0.25, 0.3) is 33.4 Å². The number of anilines is 1. The Morgan fingerprint density at radius 1 is 1.10 bits per heavy atom. The molecule has 152 valence electrons. The zero-order valence-electron chi connectivity index (χ0n) is 16.1. The van der Waals surface area contributed by atoms with Crippen molar-refractivity contribution in [3.8, 4) is 22.4 Å². The van der Waals surface area contributed by atoms with Crippen LogP contribution in [0.15, 0.2) is 60.9 Å². The van der Waals surface area contributed by atoms with Crippen LogP contribution >= 0.6 is 0 Å². The van der Waals surface area contributed by atoms with Crippen molar-refractivity contribution < 1.29 is 14.3 Å². The number of amides is 1. The number of carbonyl (C=O) groups excluding carboxylic acids is 1. The largest absolute Gasteiger partial charge is 0.391 e. The van der Waals surface area contributed by atoms with Gasteiger partial charge in [0.15, 0.2) is 0 Å². The fourth-order valence-electron chi connectivity index (χ4n) is 3.22. The molecule has 2 atom stereocenters. The van der Waals surface area contributed by atoms with E-state index in [1.807, 2.05) is 18.2 Å². The third-order valence-corrected chi connectivity index (χ3v) is 4.83. The summed E-state index contributed by atoms with van der Waals surface area (Å²) in [5.74, 6) is -0.550. The maximum absolute atomic E-state index is 13.4. The number of benzene rings is 1. The number of carbonyl (C=O) groups is 1. The van der Waals surface area contributed by atoms with Gasteiger partial charge in [-0.05, 0) is 66.6 Å². The standard InChI is InChI=1S/C22H20FN5O2/c1-12(29)19(24)22(30)27-17-7-6-16-18(13-8-10-25-11-9-13)20(28-21(16)26-17)14-2-4-15(23)5-3-14/h2-12,19,29H,24H2,1H3,(H2,26,27,28,30). The molecule has 0 saturated carbocycles. The fraction of sp³-hybridized carbons (Fsp3) is 0.136. The summed E-state index contributed by atoms with van der Waals surface area (Å²) in [7, 11) is 0. The van der Waals surface area contributed by atoms with Crippen LogP contribution in [0.5, 0.6) is 0 Å². The molecule has 7 nitrogen and oxygen atoms in total. The van der Waals surface area contributed by atoms with E-state index in [2.05, 4.69) is 20.3 Å². The van der Waals surface area contributed by atoms with Gasteiger partial charge in [-0.25, -0.2) is 9.37 Å². The highest BCUT2D eigenvalue weighted by Gasteiger charge is 2.20. The van der Waals surface area contributed by atoms with Gasteiger partial charge in [0.05, 0.1) is 11.8 Å². The number of pyridine rings is 2. The minimum Gasteiger partial charge on any atom is -0.391 e. The van der Waals surface area contributed by atoms with Crippen molar-refractivity contribution in [2.45, 2.75) is 19.1 Å². The maximum atomic E-state index is 13.4. The van der Waals surface area contributed by atoms with E-state index in [1.165, 1.54) is 19.1 Å². The number of H-pyrrole nitrogens is 1. The fourth-order valence-corrected chi connectivity index (χ4v) is 3.22. The maximum Gasteiger partial charge on any atom is 0.245 e. The van der Waals surface area contributed by atoms with Crippen LogP contribution in [-0.4, -0.2) is 38.1 Å². The number of hydrogen-bond acceptors (Lipinski definition) is 5. The molecular formula is C22H20FN5O2.